The van der Waals surface area contributed by atoms with Gasteiger partial charge in [-0.25, -0.2) is 0 Å². The van der Waals surface area contributed by atoms with Crippen molar-refractivity contribution in [2.45, 2.75) is 43.6 Å². The number of ether oxygens (including phenoxy) is 1. The van der Waals surface area contributed by atoms with E-state index in [1.54, 1.807) is 23.4 Å². The molecular weight excluding hydrogens is 338 g/mol. The zero-order chi connectivity index (χ0) is 16.4. The molecule has 5 nitrogen and oxygen atoms in total. The molecule has 2 aromatic rings. The molecule has 1 aliphatic rings. The first-order valence-electron chi connectivity index (χ1n) is 8.11. The van der Waals surface area contributed by atoms with E-state index >= 15 is 0 Å². The van der Waals surface area contributed by atoms with Crippen molar-refractivity contribution in [3.63, 3.8) is 0 Å². The number of benzene rings is 1. The number of hydrogen-bond donors (Lipinski definition) is 0. The van der Waals surface area contributed by atoms with Crippen LogP contribution in [0.15, 0.2) is 40.2 Å². The Kier molecular flexibility index (Phi) is 7.73. The van der Waals surface area contributed by atoms with Gasteiger partial charge in [0.2, 0.25) is 0 Å². The zero-order valence-electron chi connectivity index (χ0n) is 15.0. The second-order valence-corrected chi connectivity index (χ2v) is 7.09. The first kappa shape index (κ1) is 21.3. The summed E-state index contributed by atoms with van der Waals surface area (Å²) in [5.41, 5.74) is 2.91. The summed E-state index contributed by atoms with van der Waals surface area (Å²) in [7, 11) is 1.80. The van der Waals surface area contributed by atoms with Gasteiger partial charge in [0.15, 0.2) is 0 Å². The van der Waals surface area contributed by atoms with Crippen molar-refractivity contribution in [2.24, 2.45) is 7.05 Å². The zero-order valence-corrected chi connectivity index (χ0v) is 15.8. The highest BCUT2D eigenvalue weighted by Gasteiger charge is 2.19. The van der Waals surface area contributed by atoms with E-state index in [0.717, 1.165) is 35.3 Å². The highest BCUT2D eigenvalue weighted by Crippen LogP contribution is 2.35. The topological polar surface area (TPSA) is 94.2 Å². The van der Waals surface area contributed by atoms with E-state index in [2.05, 4.69) is 24.5 Å². The normalized spacial score (nSPS) is 13.9. The maximum atomic E-state index is 12.0. The summed E-state index contributed by atoms with van der Waals surface area (Å²) in [6.07, 6.45) is 9.07. The Morgan fingerprint density at radius 2 is 1.84 bits per heavy atom. The first-order chi connectivity index (χ1) is 11.1. The summed E-state index contributed by atoms with van der Waals surface area (Å²) in [5.74, 6) is 0.924. The fourth-order valence-corrected chi connectivity index (χ4v) is 3.61. The molecule has 0 bridgehead atoms. The van der Waals surface area contributed by atoms with Crippen molar-refractivity contribution in [3.8, 4) is 16.9 Å². The van der Waals surface area contributed by atoms with Crippen LogP contribution in [0.4, 0.5) is 0 Å². The van der Waals surface area contributed by atoms with Crippen LogP contribution in [0.5, 0.6) is 5.75 Å². The molecule has 1 fully saturated rings. The molecule has 0 amide bonds. The van der Waals surface area contributed by atoms with E-state index < -0.39 is 0 Å². The standard InChI is InChI=1S/C19H23NO2S.2H2O/c1-13-10-14(12-20(2)19(13)21)17-11-16(23-3)8-9-18(17)22-15-6-4-5-7-15;;/h8-12,15H,4-7H2,1-3H3;2*1H2. The van der Waals surface area contributed by atoms with Crippen molar-refractivity contribution in [1.82, 2.24) is 4.57 Å². The molecule has 1 aromatic heterocycles. The molecule has 0 unspecified atom stereocenters. The molecule has 1 aromatic carbocycles. The fourth-order valence-electron chi connectivity index (χ4n) is 3.18. The van der Waals surface area contributed by atoms with Crippen LogP contribution >= 0.6 is 11.8 Å². The van der Waals surface area contributed by atoms with Gasteiger partial charge in [-0.2, -0.15) is 0 Å². The lowest BCUT2D eigenvalue weighted by Crippen LogP contribution is -2.18. The van der Waals surface area contributed by atoms with Crippen molar-refractivity contribution < 1.29 is 15.7 Å². The average molecular weight is 365 g/mol. The third kappa shape index (κ3) is 4.66. The molecular formula is C19H27NO4S. The van der Waals surface area contributed by atoms with Crippen molar-refractivity contribution >= 4 is 11.8 Å². The third-order valence-corrected chi connectivity index (χ3v) is 5.18. The van der Waals surface area contributed by atoms with Gasteiger partial charge in [0.05, 0.1) is 6.10 Å². The summed E-state index contributed by atoms with van der Waals surface area (Å²) >= 11 is 1.72. The van der Waals surface area contributed by atoms with Crippen LogP contribution in [0.3, 0.4) is 0 Å². The molecule has 0 saturated heterocycles. The lowest BCUT2D eigenvalue weighted by Gasteiger charge is -2.18. The van der Waals surface area contributed by atoms with Gasteiger partial charge in [0, 0.05) is 34.8 Å². The number of aryl methyl sites for hydroxylation is 2. The highest BCUT2D eigenvalue weighted by atomic mass is 32.2. The van der Waals surface area contributed by atoms with E-state index in [0.29, 0.717) is 6.10 Å². The summed E-state index contributed by atoms with van der Waals surface area (Å²) in [5, 5.41) is 0. The smallest absolute Gasteiger partial charge is 0.253 e. The third-order valence-electron chi connectivity index (χ3n) is 4.46. The molecule has 3 rings (SSSR count). The van der Waals surface area contributed by atoms with Crippen LogP contribution in [-0.2, 0) is 7.05 Å². The molecule has 1 heterocycles. The molecule has 138 valence electrons. The number of hydrogen-bond acceptors (Lipinski definition) is 3. The average Bonchev–Trinajstić information content (AvgIpc) is 3.05. The molecule has 25 heavy (non-hydrogen) atoms. The number of nitrogens with zero attached hydrogens (tertiary/aromatic N) is 1. The number of rotatable bonds is 4. The van der Waals surface area contributed by atoms with Crippen LogP contribution in [0.25, 0.3) is 11.1 Å². The molecule has 1 aliphatic carbocycles. The Morgan fingerprint density at radius 3 is 2.44 bits per heavy atom. The Balaban J connectivity index is 0.00000156. The predicted octanol–water partition coefficient (Wildman–Crippen LogP) is 2.75. The maximum absolute atomic E-state index is 12.0. The molecule has 0 radical (unpaired) electrons. The molecule has 6 heteroatoms. The Labute approximate surface area is 152 Å². The Bertz CT molecular complexity index is 740. The molecule has 1 saturated carbocycles. The second kappa shape index (κ2) is 9.08. The largest absolute Gasteiger partial charge is 0.490 e. The van der Waals surface area contributed by atoms with Crippen molar-refractivity contribution in [2.75, 3.05) is 6.26 Å². The van der Waals surface area contributed by atoms with Gasteiger partial charge >= 0.3 is 0 Å². The van der Waals surface area contributed by atoms with Crippen LogP contribution < -0.4 is 10.3 Å². The van der Waals surface area contributed by atoms with Gasteiger partial charge in [-0.3, -0.25) is 4.79 Å². The summed E-state index contributed by atoms with van der Waals surface area (Å²) in [4.78, 5) is 13.2. The van der Waals surface area contributed by atoms with Crippen LogP contribution in [-0.4, -0.2) is 27.9 Å². The van der Waals surface area contributed by atoms with E-state index in [1.807, 2.05) is 19.2 Å². The first-order valence-corrected chi connectivity index (χ1v) is 9.33. The summed E-state index contributed by atoms with van der Waals surface area (Å²) < 4.78 is 7.92. The minimum Gasteiger partial charge on any atom is -0.490 e. The quantitative estimate of drug-likeness (QED) is 0.780. The van der Waals surface area contributed by atoms with Gasteiger partial charge in [-0.15, -0.1) is 11.8 Å². The highest BCUT2D eigenvalue weighted by molar-refractivity contribution is 7.98. The van der Waals surface area contributed by atoms with Crippen molar-refractivity contribution in [3.05, 3.63) is 46.4 Å². The molecule has 0 spiro atoms. The van der Waals surface area contributed by atoms with E-state index in [1.165, 1.54) is 17.7 Å². The Morgan fingerprint density at radius 1 is 1.16 bits per heavy atom. The van der Waals surface area contributed by atoms with Gasteiger partial charge in [0.25, 0.3) is 5.56 Å². The molecule has 0 aliphatic heterocycles. The van der Waals surface area contributed by atoms with E-state index in [-0.39, 0.29) is 16.5 Å². The van der Waals surface area contributed by atoms with E-state index in [9.17, 15) is 4.79 Å². The van der Waals surface area contributed by atoms with Gasteiger partial charge < -0.3 is 20.3 Å². The van der Waals surface area contributed by atoms with Crippen molar-refractivity contribution in [1.29, 1.82) is 0 Å². The SMILES string of the molecule is CSc1ccc(OC2CCCC2)c(-c2cc(C)c(=O)n(C)c2)c1.O.O. The van der Waals surface area contributed by atoms with Crippen LogP contribution in [0.2, 0.25) is 0 Å². The lowest BCUT2D eigenvalue weighted by molar-refractivity contribution is 0.211. The van der Waals surface area contributed by atoms with Gasteiger partial charge in [-0.05, 0) is 63.1 Å². The minimum absolute atomic E-state index is 0. The number of aromatic nitrogens is 1. The lowest BCUT2D eigenvalue weighted by atomic mass is 10.0. The van der Waals surface area contributed by atoms with Gasteiger partial charge in [0.1, 0.15) is 5.75 Å². The molecule has 4 N–H and O–H groups in total. The number of pyridine rings is 1. The number of thioether (sulfide) groups is 1. The second-order valence-electron chi connectivity index (χ2n) is 6.21. The fraction of sp³-hybridized carbons (Fsp3) is 0.421. The van der Waals surface area contributed by atoms with E-state index in [4.69, 9.17) is 4.74 Å². The minimum atomic E-state index is 0. The monoisotopic (exact) mass is 365 g/mol. The Hall–Kier alpha value is -1.76. The van der Waals surface area contributed by atoms with Crippen LogP contribution in [0.1, 0.15) is 31.2 Å². The summed E-state index contributed by atoms with van der Waals surface area (Å²) in [6, 6.07) is 8.30. The molecule has 0 atom stereocenters. The van der Waals surface area contributed by atoms with Crippen LogP contribution in [0, 0.1) is 6.92 Å². The maximum Gasteiger partial charge on any atom is 0.253 e. The predicted molar refractivity (Wildman–Crippen MR) is 104 cm³/mol. The van der Waals surface area contributed by atoms with Gasteiger partial charge in [-0.1, -0.05) is 0 Å². The summed E-state index contributed by atoms with van der Waals surface area (Å²) in [6.45, 7) is 1.86.